The van der Waals surface area contributed by atoms with Crippen molar-refractivity contribution < 1.29 is 17.6 Å². The lowest BCUT2D eigenvalue weighted by Gasteiger charge is -2.10. The molecule has 0 spiro atoms. The molecule has 1 amide bonds. The highest BCUT2D eigenvalue weighted by molar-refractivity contribution is 7.89. The van der Waals surface area contributed by atoms with Gasteiger partial charge in [0.2, 0.25) is 10.0 Å². The zero-order valence-electron chi connectivity index (χ0n) is 15.4. The summed E-state index contributed by atoms with van der Waals surface area (Å²) in [4.78, 5) is 12.7. The molecule has 6 nitrogen and oxygen atoms in total. The summed E-state index contributed by atoms with van der Waals surface area (Å²) in [5.41, 5.74) is 1.90. The summed E-state index contributed by atoms with van der Waals surface area (Å²) in [5, 5.41) is 3.63. The predicted octanol–water partition coefficient (Wildman–Crippen LogP) is 3.93. The van der Waals surface area contributed by atoms with Crippen LogP contribution in [0.2, 0.25) is 0 Å². The highest BCUT2D eigenvalue weighted by atomic mass is 32.2. The maximum atomic E-state index is 12.5. The molecule has 0 saturated carbocycles. The lowest BCUT2D eigenvalue weighted by Crippen LogP contribution is -2.27. The van der Waals surface area contributed by atoms with Crippen LogP contribution >= 0.6 is 0 Å². The minimum atomic E-state index is -3.56. The van der Waals surface area contributed by atoms with E-state index in [0.717, 1.165) is 10.9 Å². The quantitative estimate of drug-likeness (QED) is 0.672. The van der Waals surface area contributed by atoms with Gasteiger partial charge in [-0.05, 0) is 43.2 Å². The third-order valence-corrected chi connectivity index (χ3v) is 5.59. The van der Waals surface area contributed by atoms with E-state index in [1.165, 1.54) is 12.1 Å². The van der Waals surface area contributed by atoms with E-state index < -0.39 is 10.0 Å². The molecule has 1 aromatic heterocycles. The number of aryl methyl sites for hydroxylation is 1. The van der Waals surface area contributed by atoms with Gasteiger partial charge in [-0.1, -0.05) is 32.0 Å². The number of nitrogens with one attached hydrogen (secondary N) is 2. The second-order valence-corrected chi connectivity index (χ2v) is 8.54. The van der Waals surface area contributed by atoms with Crippen molar-refractivity contribution in [2.45, 2.75) is 25.7 Å². The van der Waals surface area contributed by atoms with Crippen molar-refractivity contribution in [3.63, 3.8) is 0 Å². The second kappa shape index (κ2) is 7.54. The Balaban J connectivity index is 1.76. The maximum absolute atomic E-state index is 12.5. The van der Waals surface area contributed by atoms with E-state index >= 15 is 0 Å². The van der Waals surface area contributed by atoms with Crippen LogP contribution in [0.1, 0.15) is 30.0 Å². The van der Waals surface area contributed by atoms with Crippen molar-refractivity contribution in [2.24, 2.45) is 5.92 Å². The van der Waals surface area contributed by atoms with E-state index in [1.54, 1.807) is 12.1 Å². The van der Waals surface area contributed by atoms with Gasteiger partial charge >= 0.3 is 0 Å². The Bertz CT molecular complexity index is 1070. The molecule has 0 fully saturated rings. The first-order valence-electron chi connectivity index (χ1n) is 8.67. The first-order chi connectivity index (χ1) is 12.8. The number of benzene rings is 2. The van der Waals surface area contributed by atoms with Gasteiger partial charge in [-0.25, -0.2) is 13.1 Å². The van der Waals surface area contributed by atoms with Gasteiger partial charge in [0.15, 0.2) is 5.76 Å². The van der Waals surface area contributed by atoms with Crippen LogP contribution in [-0.4, -0.2) is 20.9 Å². The minimum Gasteiger partial charge on any atom is -0.451 e. The normalized spacial score (nSPS) is 11.9. The van der Waals surface area contributed by atoms with E-state index in [0.29, 0.717) is 17.8 Å². The molecule has 2 N–H and O–H groups in total. The summed E-state index contributed by atoms with van der Waals surface area (Å²) >= 11 is 0. The molecule has 3 rings (SSSR count). The fourth-order valence-corrected chi connectivity index (χ4v) is 3.87. The molecule has 0 unspecified atom stereocenters. The Morgan fingerprint density at radius 3 is 2.37 bits per heavy atom. The maximum Gasteiger partial charge on any atom is 0.291 e. The van der Waals surface area contributed by atoms with Crippen LogP contribution in [0.25, 0.3) is 11.0 Å². The Hall–Kier alpha value is -2.64. The van der Waals surface area contributed by atoms with Crippen molar-refractivity contribution in [1.29, 1.82) is 0 Å². The van der Waals surface area contributed by atoms with E-state index in [-0.39, 0.29) is 22.5 Å². The molecule has 0 aliphatic rings. The molecule has 0 bridgehead atoms. The van der Waals surface area contributed by atoms with Crippen molar-refractivity contribution in [1.82, 2.24) is 4.72 Å². The Labute approximate surface area is 158 Å². The number of carbonyl (C=O) groups is 1. The highest BCUT2D eigenvalue weighted by Gasteiger charge is 2.18. The van der Waals surface area contributed by atoms with E-state index in [9.17, 15) is 13.2 Å². The van der Waals surface area contributed by atoms with Crippen molar-refractivity contribution >= 4 is 32.6 Å². The van der Waals surface area contributed by atoms with Crippen LogP contribution in [-0.2, 0) is 10.0 Å². The smallest absolute Gasteiger partial charge is 0.291 e. The topological polar surface area (TPSA) is 88.4 Å². The van der Waals surface area contributed by atoms with Crippen LogP contribution in [0.3, 0.4) is 0 Å². The first-order valence-corrected chi connectivity index (χ1v) is 10.2. The van der Waals surface area contributed by atoms with E-state index in [2.05, 4.69) is 10.0 Å². The zero-order valence-corrected chi connectivity index (χ0v) is 16.3. The van der Waals surface area contributed by atoms with Crippen LogP contribution in [0.5, 0.6) is 0 Å². The molecule has 0 radical (unpaired) electrons. The summed E-state index contributed by atoms with van der Waals surface area (Å²) in [7, 11) is -3.56. The van der Waals surface area contributed by atoms with E-state index in [1.807, 2.05) is 45.0 Å². The number of furan rings is 1. The Morgan fingerprint density at radius 1 is 1.07 bits per heavy atom. The summed E-state index contributed by atoms with van der Waals surface area (Å²) in [5.74, 6) is 0.0779. The number of hydrogen-bond acceptors (Lipinski definition) is 4. The number of para-hydroxylation sites is 1. The lowest BCUT2D eigenvalue weighted by atomic mass is 10.1. The van der Waals surface area contributed by atoms with E-state index in [4.69, 9.17) is 4.42 Å². The molecule has 3 aromatic rings. The average Bonchev–Trinajstić information content (AvgIpc) is 2.98. The summed E-state index contributed by atoms with van der Waals surface area (Å²) < 4.78 is 32.6. The van der Waals surface area contributed by atoms with Crippen LogP contribution < -0.4 is 10.0 Å². The predicted molar refractivity (Wildman–Crippen MR) is 105 cm³/mol. The number of sulfonamides is 1. The molecule has 0 atom stereocenters. The molecule has 2 aromatic carbocycles. The van der Waals surface area contributed by atoms with Gasteiger partial charge < -0.3 is 9.73 Å². The Morgan fingerprint density at radius 2 is 1.74 bits per heavy atom. The van der Waals surface area contributed by atoms with Gasteiger partial charge in [-0.3, -0.25) is 4.79 Å². The summed E-state index contributed by atoms with van der Waals surface area (Å²) in [6, 6.07) is 13.5. The molecule has 0 saturated heterocycles. The van der Waals surface area contributed by atoms with Gasteiger partial charge in [0.1, 0.15) is 5.58 Å². The lowest BCUT2D eigenvalue weighted by molar-refractivity contribution is 0.0998. The number of amides is 1. The van der Waals surface area contributed by atoms with Gasteiger partial charge in [-0.15, -0.1) is 0 Å². The van der Waals surface area contributed by atoms with Crippen LogP contribution in [0.4, 0.5) is 5.69 Å². The van der Waals surface area contributed by atoms with Gasteiger partial charge in [0, 0.05) is 23.2 Å². The average molecular weight is 386 g/mol. The molecular weight excluding hydrogens is 364 g/mol. The zero-order chi connectivity index (χ0) is 19.6. The van der Waals surface area contributed by atoms with Gasteiger partial charge in [0.05, 0.1) is 4.90 Å². The van der Waals surface area contributed by atoms with Crippen molar-refractivity contribution in [2.75, 3.05) is 11.9 Å². The van der Waals surface area contributed by atoms with Crippen LogP contribution in [0, 0.1) is 12.8 Å². The minimum absolute atomic E-state index is 0.154. The number of fused-ring (bicyclic) bond motifs is 1. The molecule has 7 heteroatoms. The summed E-state index contributed by atoms with van der Waals surface area (Å²) in [6.07, 6.45) is 0. The van der Waals surface area contributed by atoms with Crippen molar-refractivity contribution in [3.8, 4) is 0 Å². The number of rotatable bonds is 6. The molecule has 0 aliphatic carbocycles. The van der Waals surface area contributed by atoms with Gasteiger partial charge in [0.25, 0.3) is 5.91 Å². The molecule has 142 valence electrons. The van der Waals surface area contributed by atoms with Gasteiger partial charge in [-0.2, -0.15) is 0 Å². The second-order valence-electron chi connectivity index (χ2n) is 6.78. The molecule has 27 heavy (non-hydrogen) atoms. The molecular formula is C20H22N2O4S. The SMILES string of the molecule is Cc1c(C(=O)Nc2ccc(S(=O)(=O)NCC(C)C)cc2)oc2ccccc12. The monoisotopic (exact) mass is 386 g/mol. The Kier molecular flexibility index (Phi) is 5.34. The molecule has 1 heterocycles. The third-order valence-electron chi connectivity index (χ3n) is 4.15. The highest BCUT2D eigenvalue weighted by Crippen LogP contribution is 2.25. The van der Waals surface area contributed by atoms with Crippen molar-refractivity contribution in [3.05, 3.63) is 59.9 Å². The fourth-order valence-electron chi connectivity index (χ4n) is 2.66. The fraction of sp³-hybridized carbons (Fsp3) is 0.250. The number of hydrogen-bond donors (Lipinski definition) is 2. The standard InChI is InChI=1S/C20H22N2O4S/c1-13(2)12-21-27(24,25)16-10-8-15(9-11-16)22-20(23)19-14(3)17-6-4-5-7-18(17)26-19/h4-11,13,21H,12H2,1-3H3,(H,22,23). The first kappa shape index (κ1) is 19.1. The third kappa shape index (κ3) is 4.20. The number of anilines is 1. The summed E-state index contributed by atoms with van der Waals surface area (Å²) in [6.45, 7) is 6.06. The number of carbonyl (C=O) groups excluding carboxylic acids is 1. The largest absolute Gasteiger partial charge is 0.451 e. The van der Waals surface area contributed by atoms with Crippen LogP contribution in [0.15, 0.2) is 57.8 Å². The molecule has 0 aliphatic heterocycles.